The highest BCUT2D eigenvalue weighted by Crippen LogP contribution is 2.33. The molecule has 0 saturated heterocycles. The van der Waals surface area contributed by atoms with Gasteiger partial charge in [-0.05, 0) is 44.1 Å². The number of rotatable bonds is 7. The van der Waals surface area contributed by atoms with E-state index in [0.29, 0.717) is 13.1 Å². The van der Waals surface area contributed by atoms with Crippen molar-refractivity contribution < 1.29 is 4.79 Å². The fourth-order valence-electron chi connectivity index (χ4n) is 3.43. The van der Waals surface area contributed by atoms with E-state index in [1.54, 1.807) is 22.2 Å². The van der Waals surface area contributed by atoms with Gasteiger partial charge in [-0.15, -0.1) is 23.7 Å². The number of hydrogen-bond donors (Lipinski definition) is 2. The minimum absolute atomic E-state index is 0. The molecule has 0 spiro atoms. The molecule has 0 bridgehead atoms. The molecule has 0 radical (unpaired) electrons. The Bertz CT molecular complexity index is 857. The number of thiophene rings is 1. The molecular weight excluding hydrogens is 384 g/mol. The van der Waals surface area contributed by atoms with Gasteiger partial charge < -0.3 is 11.1 Å². The quantitative estimate of drug-likeness (QED) is 0.731. The van der Waals surface area contributed by atoms with Crippen LogP contribution < -0.4 is 16.6 Å². The number of nitrogens with two attached hydrogens (primary N) is 1. The van der Waals surface area contributed by atoms with Gasteiger partial charge in [0.05, 0.1) is 11.7 Å². The fraction of sp³-hybridized carbons (Fsp3) is 0.632. The predicted molar refractivity (Wildman–Crippen MR) is 113 cm³/mol. The largest absolute Gasteiger partial charge is 0.354 e. The first-order valence-corrected chi connectivity index (χ1v) is 10.3. The standard InChI is InChI=1S/C19H28N4O2S.ClH/c1-3-19(20,4-2)11-21-15(24)9-10-23-12-22-17-16(18(23)25)13-7-5-6-8-14(13)26-17;/h12H,3-11,20H2,1-2H3,(H,21,24);1H. The first-order chi connectivity index (χ1) is 12.5. The molecule has 3 rings (SSSR count). The van der Waals surface area contributed by atoms with E-state index < -0.39 is 0 Å². The lowest BCUT2D eigenvalue weighted by molar-refractivity contribution is -0.121. The van der Waals surface area contributed by atoms with Gasteiger partial charge >= 0.3 is 0 Å². The third-order valence-electron chi connectivity index (χ3n) is 5.57. The molecule has 1 aliphatic rings. The fourth-order valence-corrected chi connectivity index (χ4v) is 4.64. The number of aryl methyl sites for hydroxylation is 3. The van der Waals surface area contributed by atoms with Crippen LogP contribution in [0.3, 0.4) is 0 Å². The molecule has 2 aromatic rings. The summed E-state index contributed by atoms with van der Waals surface area (Å²) in [4.78, 5) is 31.6. The maximum Gasteiger partial charge on any atom is 0.262 e. The van der Waals surface area contributed by atoms with E-state index in [-0.39, 0.29) is 35.8 Å². The number of halogens is 1. The second-order valence-electron chi connectivity index (χ2n) is 7.23. The van der Waals surface area contributed by atoms with Crippen LogP contribution in [0.25, 0.3) is 10.2 Å². The molecule has 8 heteroatoms. The second-order valence-corrected chi connectivity index (χ2v) is 8.31. The monoisotopic (exact) mass is 412 g/mol. The molecule has 3 N–H and O–H groups in total. The van der Waals surface area contributed by atoms with Gasteiger partial charge in [0.15, 0.2) is 0 Å². The lowest BCUT2D eigenvalue weighted by Crippen LogP contribution is -2.49. The normalized spacial score (nSPS) is 13.9. The zero-order valence-corrected chi connectivity index (χ0v) is 17.7. The van der Waals surface area contributed by atoms with Crippen molar-refractivity contribution in [3.05, 3.63) is 27.1 Å². The molecule has 1 aliphatic carbocycles. The van der Waals surface area contributed by atoms with Gasteiger partial charge in [-0.3, -0.25) is 14.2 Å². The highest BCUT2D eigenvalue weighted by atomic mass is 35.5. The van der Waals surface area contributed by atoms with Crippen molar-refractivity contribution in [1.82, 2.24) is 14.9 Å². The summed E-state index contributed by atoms with van der Waals surface area (Å²) in [6.45, 7) is 4.85. The van der Waals surface area contributed by atoms with Crippen LogP contribution in [0.15, 0.2) is 11.1 Å². The van der Waals surface area contributed by atoms with E-state index in [9.17, 15) is 9.59 Å². The Balaban J connectivity index is 0.00000261. The third-order valence-corrected chi connectivity index (χ3v) is 6.77. The van der Waals surface area contributed by atoms with Crippen molar-refractivity contribution in [2.75, 3.05) is 6.54 Å². The lowest BCUT2D eigenvalue weighted by atomic mass is 9.94. The first-order valence-electron chi connectivity index (χ1n) is 9.52. The van der Waals surface area contributed by atoms with Gasteiger partial charge in [-0.25, -0.2) is 4.98 Å². The van der Waals surface area contributed by atoms with Crippen LogP contribution in [0, 0.1) is 0 Å². The van der Waals surface area contributed by atoms with Crippen LogP contribution in [-0.4, -0.2) is 27.5 Å². The highest BCUT2D eigenvalue weighted by Gasteiger charge is 2.22. The second kappa shape index (κ2) is 9.17. The van der Waals surface area contributed by atoms with Crippen molar-refractivity contribution in [1.29, 1.82) is 0 Å². The van der Waals surface area contributed by atoms with Crippen molar-refractivity contribution >= 4 is 39.9 Å². The average Bonchev–Trinajstić information content (AvgIpc) is 3.05. The number of carbonyl (C=O) groups excluding carboxylic acids is 1. The Labute approximate surface area is 170 Å². The summed E-state index contributed by atoms with van der Waals surface area (Å²) in [5, 5.41) is 3.67. The molecule has 0 aliphatic heterocycles. The van der Waals surface area contributed by atoms with E-state index in [4.69, 9.17) is 5.73 Å². The molecule has 0 fully saturated rings. The number of hydrogen-bond acceptors (Lipinski definition) is 5. The zero-order chi connectivity index (χ0) is 18.7. The van der Waals surface area contributed by atoms with Gasteiger partial charge in [0.2, 0.25) is 5.91 Å². The Kier molecular flexibility index (Phi) is 7.42. The summed E-state index contributed by atoms with van der Waals surface area (Å²) in [6.07, 6.45) is 7.78. The zero-order valence-electron chi connectivity index (χ0n) is 16.0. The number of carbonyl (C=O) groups is 1. The molecule has 0 unspecified atom stereocenters. The molecule has 0 atom stereocenters. The molecule has 6 nitrogen and oxygen atoms in total. The molecule has 150 valence electrons. The van der Waals surface area contributed by atoms with Gasteiger partial charge in [0.25, 0.3) is 5.56 Å². The summed E-state index contributed by atoms with van der Waals surface area (Å²) in [5.41, 5.74) is 7.02. The predicted octanol–water partition coefficient (Wildman–Crippen LogP) is 2.78. The maximum atomic E-state index is 12.9. The molecule has 27 heavy (non-hydrogen) atoms. The number of nitrogens with zero attached hydrogens (tertiary/aromatic N) is 2. The topological polar surface area (TPSA) is 90.0 Å². The molecule has 2 aromatic heterocycles. The minimum Gasteiger partial charge on any atom is -0.354 e. The molecule has 2 heterocycles. The Hall–Kier alpha value is -1.44. The van der Waals surface area contributed by atoms with Crippen LogP contribution in [0.4, 0.5) is 0 Å². The Morgan fingerprint density at radius 3 is 2.74 bits per heavy atom. The number of amides is 1. The molecule has 0 aromatic carbocycles. The molecular formula is C19H29ClN4O2S. The van der Waals surface area contributed by atoms with Gasteiger partial charge in [0, 0.05) is 29.9 Å². The lowest BCUT2D eigenvalue weighted by Gasteiger charge is -2.26. The Morgan fingerprint density at radius 1 is 1.33 bits per heavy atom. The molecule has 1 amide bonds. The van der Waals surface area contributed by atoms with E-state index in [0.717, 1.165) is 42.3 Å². The SMILES string of the molecule is CCC(N)(CC)CNC(=O)CCn1cnc2sc3c(c2c1=O)CCCC3.Cl. The summed E-state index contributed by atoms with van der Waals surface area (Å²) < 4.78 is 1.57. The summed E-state index contributed by atoms with van der Waals surface area (Å²) >= 11 is 1.65. The van der Waals surface area contributed by atoms with E-state index in [1.807, 2.05) is 13.8 Å². The van der Waals surface area contributed by atoms with Crippen LogP contribution in [0.5, 0.6) is 0 Å². The summed E-state index contributed by atoms with van der Waals surface area (Å²) in [5.74, 6) is -0.0823. The minimum atomic E-state index is -0.358. The van der Waals surface area contributed by atoms with Crippen molar-refractivity contribution in [2.24, 2.45) is 5.73 Å². The first kappa shape index (κ1) is 21.9. The van der Waals surface area contributed by atoms with E-state index in [2.05, 4.69) is 10.3 Å². The van der Waals surface area contributed by atoms with Gasteiger partial charge in [-0.2, -0.15) is 0 Å². The highest BCUT2D eigenvalue weighted by molar-refractivity contribution is 7.18. The number of fused-ring (bicyclic) bond motifs is 3. The summed E-state index contributed by atoms with van der Waals surface area (Å²) in [7, 11) is 0. The Morgan fingerprint density at radius 2 is 2.04 bits per heavy atom. The third kappa shape index (κ3) is 4.70. The number of aromatic nitrogens is 2. The van der Waals surface area contributed by atoms with Gasteiger partial charge in [-0.1, -0.05) is 13.8 Å². The maximum absolute atomic E-state index is 12.9. The van der Waals surface area contributed by atoms with Crippen LogP contribution in [0.1, 0.15) is 56.4 Å². The van der Waals surface area contributed by atoms with Gasteiger partial charge in [0.1, 0.15) is 4.83 Å². The van der Waals surface area contributed by atoms with Crippen molar-refractivity contribution in [3.8, 4) is 0 Å². The van der Waals surface area contributed by atoms with Crippen LogP contribution in [-0.2, 0) is 24.2 Å². The summed E-state index contributed by atoms with van der Waals surface area (Å²) in [6, 6.07) is 0. The van der Waals surface area contributed by atoms with Crippen LogP contribution >= 0.6 is 23.7 Å². The van der Waals surface area contributed by atoms with Crippen molar-refractivity contribution in [2.45, 2.75) is 70.9 Å². The number of nitrogens with one attached hydrogen (secondary N) is 1. The van der Waals surface area contributed by atoms with E-state index in [1.165, 1.54) is 16.9 Å². The smallest absolute Gasteiger partial charge is 0.262 e. The molecule has 0 saturated carbocycles. The average molecular weight is 413 g/mol. The van der Waals surface area contributed by atoms with Crippen molar-refractivity contribution in [3.63, 3.8) is 0 Å². The van der Waals surface area contributed by atoms with Crippen LogP contribution in [0.2, 0.25) is 0 Å². The van der Waals surface area contributed by atoms with E-state index >= 15 is 0 Å².